The minimum Gasteiger partial charge on any atom is -0.490 e. The molecule has 0 spiro atoms. The number of esters is 1. The second-order valence-corrected chi connectivity index (χ2v) is 10.2. The van der Waals surface area contributed by atoms with Gasteiger partial charge in [0.2, 0.25) is 0 Å². The number of hydrogen-bond donors (Lipinski definition) is 0. The zero-order valence-corrected chi connectivity index (χ0v) is 19.5. The second-order valence-electron chi connectivity index (χ2n) is 10.2. The standard InChI is InChI=1S/C26H41NO3/c1-5-29-25(28)16-18-27-17-6-7-21(19-27)20-8-12-23(13-9-20)30-24-14-10-22(11-15-24)26(2,3)4/h8-9,12-13,21-22,24H,5-7,10-11,14-19H2,1-4H3. The predicted octanol–water partition coefficient (Wildman–Crippen LogP) is 5.80. The molecule has 1 aliphatic heterocycles. The first kappa shape index (κ1) is 23.1. The Kier molecular flexibility index (Phi) is 8.21. The van der Waals surface area contributed by atoms with Crippen LogP contribution in [0.15, 0.2) is 24.3 Å². The SMILES string of the molecule is CCOC(=O)CCN1CCCC(c2ccc(OC3CCC(C(C)(C)C)CC3)cc2)C1. The molecule has 1 atom stereocenters. The predicted molar refractivity (Wildman–Crippen MR) is 122 cm³/mol. The van der Waals surface area contributed by atoms with Gasteiger partial charge >= 0.3 is 5.97 Å². The first-order chi connectivity index (χ1) is 14.3. The minimum atomic E-state index is -0.0855. The van der Waals surface area contributed by atoms with E-state index in [0.717, 1.165) is 31.3 Å². The van der Waals surface area contributed by atoms with Gasteiger partial charge in [0, 0.05) is 13.1 Å². The van der Waals surface area contributed by atoms with Gasteiger partial charge in [-0.2, -0.15) is 0 Å². The summed E-state index contributed by atoms with van der Waals surface area (Å²) in [5, 5.41) is 0. The number of benzene rings is 1. The van der Waals surface area contributed by atoms with E-state index in [1.165, 1.54) is 44.1 Å². The minimum absolute atomic E-state index is 0.0855. The summed E-state index contributed by atoms with van der Waals surface area (Å²) in [6.07, 6.45) is 8.14. The summed E-state index contributed by atoms with van der Waals surface area (Å²) in [5.74, 6) is 2.28. The molecule has 1 heterocycles. The summed E-state index contributed by atoms with van der Waals surface area (Å²) in [6, 6.07) is 8.80. The maximum absolute atomic E-state index is 11.6. The lowest BCUT2D eigenvalue weighted by Crippen LogP contribution is -2.36. The van der Waals surface area contributed by atoms with E-state index < -0.39 is 0 Å². The molecule has 0 amide bonds. The van der Waals surface area contributed by atoms with Crippen LogP contribution in [0.1, 0.15) is 84.1 Å². The van der Waals surface area contributed by atoms with Crippen molar-refractivity contribution in [3.05, 3.63) is 29.8 Å². The fourth-order valence-corrected chi connectivity index (χ4v) is 5.07. The van der Waals surface area contributed by atoms with Gasteiger partial charge in [-0.3, -0.25) is 4.79 Å². The van der Waals surface area contributed by atoms with E-state index >= 15 is 0 Å². The van der Waals surface area contributed by atoms with Gasteiger partial charge in [-0.05, 0) is 86.9 Å². The molecule has 0 aromatic heterocycles. The number of carbonyl (C=O) groups is 1. The molecule has 1 saturated carbocycles. The Bertz CT molecular complexity index is 656. The van der Waals surface area contributed by atoms with Crippen LogP contribution in [0.4, 0.5) is 0 Å². The zero-order chi connectivity index (χ0) is 21.6. The van der Waals surface area contributed by atoms with Crippen molar-refractivity contribution in [3.63, 3.8) is 0 Å². The van der Waals surface area contributed by atoms with Crippen LogP contribution in [0.25, 0.3) is 0 Å². The van der Waals surface area contributed by atoms with Crippen LogP contribution in [0.3, 0.4) is 0 Å². The molecule has 1 unspecified atom stereocenters. The number of ether oxygens (including phenoxy) is 2. The molecule has 1 aliphatic carbocycles. The van der Waals surface area contributed by atoms with E-state index in [1.54, 1.807) is 0 Å². The van der Waals surface area contributed by atoms with E-state index in [2.05, 4.69) is 49.9 Å². The van der Waals surface area contributed by atoms with Crippen molar-refractivity contribution < 1.29 is 14.3 Å². The Hall–Kier alpha value is -1.55. The molecule has 1 aromatic rings. The van der Waals surface area contributed by atoms with Gasteiger partial charge in [-0.1, -0.05) is 32.9 Å². The highest BCUT2D eigenvalue weighted by molar-refractivity contribution is 5.69. The molecule has 2 fully saturated rings. The lowest BCUT2D eigenvalue weighted by atomic mass is 9.72. The smallest absolute Gasteiger partial charge is 0.307 e. The Balaban J connectivity index is 1.46. The monoisotopic (exact) mass is 415 g/mol. The second kappa shape index (κ2) is 10.7. The summed E-state index contributed by atoms with van der Waals surface area (Å²) in [5.41, 5.74) is 1.80. The van der Waals surface area contributed by atoms with Crippen molar-refractivity contribution in [1.82, 2.24) is 4.90 Å². The van der Waals surface area contributed by atoms with E-state index in [9.17, 15) is 4.79 Å². The van der Waals surface area contributed by atoms with Crippen LogP contribution in [-0.2, 0) is 9.53 Å². The average molecular weight is 416 g/mol. The number of hydrogen-bond acceptors (Lipinski definition) is 4. The van der Waals surface area contributed by atoms with Crippen LogP contribution in [0.2, 0.25) is 0 Å². The first-order valence-corrected chi connectivity index (χ1v) is 12.0. The molecule has 168 valence electrons. The first-order valence-electron chi connectivity index (χ1n) is 12.0. The Morgan fingerprint density at radius 3 is 2.40 bits per heavy atom. The highest BCUT2D eigenvalue weighted by Crippen LogP contribution is 2.39. The van der Waals surface area contributed by atoms with E-state index in [0.29, 0.717) is 30.5 Å². The molecule has 30 heavy (non-hydrogen) atoms. The van der Waals surface area contributed by atoms with Gasteiger partial charge in [-0.25, -0.2) is 0 Å². The van der Waals surface area contributed by atoms with Crippen LogP contribution in [0.5, 0.6) is 5.75 Å². The molecule has 4 heteroatoms. The lowest BCUT2D eigenvalue weighted by molar-refractivity contribution is -0.143. The van der Waals surface area contributed by atoms with Gasteiger partial charge in [0.1, 0.15) is 5.75 Å². The van der Waals surface area contributed by atoms with E-state index in [-0.39, 0.29) is 5.97 Å². The van der Waals surface area contributed by atoms with E-state index in [1.807, 2.05) is 6.92 Å². The number of likely N-dealkylation sites (tertiary alicyclic amines) is 1. The number of piperidine rings is 1. The number of nitrogens with zero attached hydrogens (tertiary/aromatic N) is 1. The van der Waals surface area contributed by atoms with Gasteiger partial charge in [0.05, 0.1) is 19.1 Å². The van der Waals surface area contributed by atoms with Gasteiger partial charge in [0.15, 0.2) is 0 Å². The van der Waals surface area contributed by atoms with Crippen LogP contribution < -0.4 is 4.74 Å². The third-order valence-corrected chi connectivity index (χ3v) is 7.00. The van der Waals surface area contributed by atoms with Crippen molar-refractivity contribution in [2.24, 2.45) is 11.3 Å². The summed E-state index contributed by atoms with van der Waals surface area (Å²) in [6.45, 7) is 12.3. The molecule has 2 aliphatic rings. The highest BCUT2D eigenvalue weighted by atomic mass is 16.5. The largest absolute Gasteiger partial charge is 0.490 e. The molecule has 0 radical (unpaired) electrons. The summed E-state index contributed by atoms with van der Waals surface area (Å²) in [7, 11) is 0. The third kappa shape index (κ3) is 6.73. The van der Waals surface area contributed by atoms with Crippen LogP contribution >= 0.6 is 0 Å². The molecule has 3 rings (SSSR count). The Morgan fingerprint density at radius 2 is 1.77 bits per heavy atom. The summed E-state index contributed by atoms with van der Waals surface area (Å²) < 4.78 is 11.4. The lowest BCUT2D eigenvalue weighted by Gasteiger charge is -2.37. The van der Waals surface area contributed by atoms with Crippen LogP contribution in [-0.4, -0.2) is 43.2 Å². The maximum Gasteiger partial charge on any atom is 0.307 e. The average Bonchev–Trinajstić information content (AvgIpc) is 2.73. The fourth-order valence-electron chi connectivity index (χ4n) is 5.07. The molecule has 1 aromatic carbocycles. The molecule has 0 bridgehead atoms. The maximum atomic E-state index is 11.6. The topological polar surface area (TPSA) is 38.8 Å². The number of rotatable bonds is 7. The third-order valence-electron chi connectivity index (χ3n) is 7.00. The molecule has 1 saturated heterocycles. The van der Waals surface area contributed by atoms with Crippen LogP contribution in [0, 0.1) is 11.3 Å². The molecule has 0 N–H and O–H groups in total. The van der Waals surface area contributed by atoms with Crippen molar-refractivity contribution in [3.8, 4) is 5.75 Å². The summed E-state index contributed by atoms with van der Waals surface area (Å²) >= 11 is 0. The zero-order valence-electron chi connectivity index (χ0n) is 19.5. The van der Waals surface area contributed by atoms with Crippen molar-refractivity contribution >= 4 is 5.97 Å². The highest BCUT2D eigenvalue weighted by Gasteiger charge is 2.30. The quantitative estimate of drug-likeness (QED) is 0.527. The van der Waals surface area contributed by atoms with E-state index in [4.69, 9.17) is 9.47 Å². The van der Waals surface area contributed by atoms with Crippen molar-refractivity contribution in [2.75, 3.05) is 26.2 Å². The molecular formula is C26H41NO3. The Labute approximate surface area is 183 Å². The van der Waals surface area contributed by atoms with Crippen molar-refractivity contribution in [2.45, 2.75) is 84.7 Å². The number of carbonyl (C=O) groups excluding carboxylic acids is 1. The molecule has 4 nitrogen and oxygen atoms in total. The molecular weight excluding hydrogens is 374 g/mol. The van der Waals surface area contributed by atoms with Gasteiger partial charge in [-0.15, -0.1) is 0 Å². The summed E-state index contributed by atoms with van der Waals surface area (Å²) in [4.78, 5) is 14.0. The normalized spacial score (nSPS) is 25.7. The van der Waals surface area contributed by atoms with Gasteiger partial charge in [0.25, 0.3) is 0 Å². The van der Waals surface area contributed by atoms with Crippen molar-refractivity contribution in [1.29, 1.82) is 0 Å². The van der Waals surface area contributed by atoms with Gasteiger partial charge < -0.3 is 14.4 Å². The Morgan fingerprint density at radius 1 is 1.07 bits per heavy atom. The fraction of sp³-hybridized carbons (Fsp3) is 0.731.